The highest BCUT2D eigenvalue weighted by Crippen LogP contribution is 1.96. The molecule has 4 nitrogen and oxygen atoms in total. The first-order valence-electron chi connectivity index (χ1n) is 3.55. The molecule has 1 aliphatic heterocycles. The molecule has 0 saturated heterocycles. The van der Waals surface area contributed by atoms with E-state index in [1.165, 1.54) is 6.08 Å². The molecule has 11 heavy (non-hydrogen) atoms. The Bertz CT molecular complexity index is 220. The van der Waals surface area contributed by atoms with Crippen LogP contribution in [0, 0.1) is 0 Å². The molecule has 4 heteroatoms. The fraction of sp³-hybridized carbons (Fsp3) is 0.429. The third-order valence-corrected chi connectivity index (χ3v) is 1.32. The number of carbonyl (C=O) groups excluding carboxylic acids is 2. The lowest BCUT2D eigenvalue weighted by molar-refractivity contribution is -0.124. The van der Waals surface area contributed by atoms with Gasteiger partial charge < -0.3 is 5.32 Å². The average molecular weight is 154 g/mol. The molecule has 2 amide bonds. The van der Waals surface area contributed by atoms with Crippen molar-refractivity contribution in [3.8, 4) is 0 Å². The molecule has 1 heterocycles. The van der Waals surface area contributed by atoms with Gasteiger partial charge in [-0.15, -0.1) is 0 Å². The summed E-state index contributed by atoms with van der Waals surface area (Å²) in [6, 6.07) is 0. The summed E-state index contributed by atoms with van der Waals surface area (Å²) < 4.78 is 0. The van der Waals surface area contributed by atoms with Crippen LogP contribution < -0.4 is 10.6 Å². The molecule has 60 valence electrons. The molecule has 1 aliphatic rings. The van der Waals surface area contributed by atoms with Crippen molar-refractivity contribution in [3.63, 3.8) is 0 Å². The van der Waals surface area contributed by atoms with Crippen LogP contribution in [-0.2, 0) is 9.59 Å². The first kappa shape index (κ1) is 7.78. The number of amides is 2. The third kappa shape index (κ3) is 1.80. The SMILES string of the molecule is CCCNC1=CC(=O)NC1=O. The van der Waals surface area contributed by atoms with Crippen LogP contribution in [-0.4, -0.2) is 18.4 Å². The summed E-state index contributed by atoms with van der Waals surface area (Å²) >= 11 is 0. The third-order valence-electron chi connectivity index (χ3n) is 1.32. The standard InChI is InChI=1S/C7H10N2O2/c1-2-3-8-5-4-6(10)9-7(5)11/h4H,2-3H2,1H3,(H2,8,9,10,11). The fourth-order valence-electron chi connectivity index (χ4n) is 0.803. The van der Waals surface area contributed by atoms with Crippen molar-refractivity contribution in [1.29, 1.82) is 0 Å². The van der Waals surface area contributed by atoms with Crippen molar-refractivity contribution in [2.75, 3.05) is 6.54 Å². The van der Waals surface area contributed by atoms with E-state index in [2.05, 4.69) is 10.6 Å². The summed E-state index contributed by atoms with van der Waals surface area (Å²) in [4.78, 5) is 21.4. The zero-order valence-corrected chi connectivity index (χ0v) is 6.31. The van der Waals surface area contributed by atoms with Crippen LogP contribution in [0.2, 0.25) is 0 Å². The highest BCUT2D eigenvalue weighted by atomic mass is 16.2. The van der Waals surface area contributed by atoms with E-state index in [0.29, 0.717) is 12.2 Å². The minimum atomic E-state index is -0.339. The maximum absolute atomic E-state index is 10.8. The van der Waals surface area contributed by atoms with Gasteiger partial charge in [0, 0.05) is 12.6 Å². The zero-order chi connectivity index (χ0) is 8.27. The highest BCUT2D eigenvalue weighted by molar-refractivity contribution is 6.15. The van der Waals surface area contributed by atoms with E-state index in [1.54, 1.807) is 0 Å². The van der Waals surface area contributed by atoms with Gasteiger partial charge in [0.25, 0.3) is 11.8 Å². The molecule has 0 aliphatic carbocycles. The fourth-order valence-corrected chi connectivity index (χ4v) is 0.803. The Morgan fingerprint density at radius 3 is 2.73 bits per heavy atom. The molecule has 0 aromatic rings. The van der Waals surface area contributed by atoms with Gasteiger partial charge >= 0.3 is 0 Å². The van der Waals surface area contributed by atoms with Gasteiger partial charge in [-0.1, -0.05) is 6.92 Å². The van der Waals surface area contributed by atoms with Gasteiger partial charge in [0.1, 0.15) is 5.70 Å². The molecule has 0 aromatic carbocycles. The molecular weight excluding hydrogens is 144 g/mol. The van der Waals surface area contributed by atoms with E-state index in [4.69, 9.17) is 0 Å². The van der Waals surface area contributed by atoms with Gasteiger partial charge in [-0.2, -0.15) is 0 Å². The normalized spacial score (nSPS) is 16.3. The van der Waals surface area contributed by atoms with Crippen molar-refractivity contribution in [2.45, 2.75) is 13.3 Å². The summed E-state index contributed by atoms with van der Waals surface area (Å²) in [6.45, 7) is 2.70. The Balaban J connectivity index is 2.50. The molecule has 0 saturated carbocycles. The van der Waals surface area contributed by atoms with Crippen LogP contribution in [0.3, 0.4) is 0 Å². The van der Waals surface area contributed by atoms with Crippen LogP contribution in [0.4, 0.5) is 0 Å². The lowest BCUT2D eigenvalue weighted by atomic mass is 10.4. The Hall–Kier alpha value is -1.32. The summed E-state index contributed by atoms with van der Waals surface area (Å²) in [6.07, 6.45) is 2.21. The van der Waals surface area contributed by atoms with Crippen LogP contribution in [0.1, 0.15) is 13.3 Å². The van der Waals surface area contributed by atoms with E-state index in [0.717, 1.165) is 6.42 Å². The Morgan fingerprint density at radius 2 is 2.27 bits per heavy atom. The number of nitrogens with one attached hydrogen (secondary N) is 2. The Kier molecular flexibility index (Phi) is 2.25. The number of rotatable bonds is 3. The van der Waals surface area contributed by atoms with Gasteiger partial charge in [-0.3, -0.25) is 14.9 Å². The Labute approximate surface area is 64.7 Å². The van der Waals surface area contributed by atoms with E-state index in [1.807, 2.05) is 6.92 Å². The van der Waals surface area contributed by atoms with E-state index in [-0.39, 0.29) is 11.8 Å². The van der Waals surface area contributed by atoms with E-state index < -0.39 is 0 Å². The quantitative estimate of drug-likeness (QED) is 0.540. The van der Waals surface area contributed by atoms with Crippen molar-refractivity contribution in [3.05, 3.63) is 11.8 Å². The summed E-state index contributed by atoms with van der Waals surface area (Å²) in [5, 5.41) is 4.98. The number of hydrogen-bond acceptors (Lipinski definition) is 3. The molecule has 0 aromatic heterocycles. The van der Waals surface area contributed by atoms with Crippen molar-refractivity contribution < 1.29 is 9.59 Å². The molecule has 0 unspecified atom stereocenters. The maximum Gasteiger partial charge on any atom is 0.274 e. The van der Waals surface area contributed by atoms with Crippen LogP contribution in [0.5, 0.6) is 0 Å². The van der Waals surface area contributed by atoms with Gasteiger partial charge in [0.05, 0.1) is 0 Å². The molecule has 1 rings (SSSR count). The minimum Gasteiger partial charge on any atom is -0.380 e. The van der Waals surface area contributed by atoms with Crippen molar-refractivity contribution in [1.82, 2.24) is 10.6 Å². The summed E-state index contributed by atoms with van der Waals surface area (Å²) in [7, 11) is 0. The minimum absolute atomic E-state index is 0.330. The second-order valence-corrected chi connectivity index (χ2v) is 2.30. The monoisotopic (exact) mass is 154 g/mol. The molecule has 0 spiro atoms. The predicted octanol–water partition coefficient (Wildman–Crippen LogP) is -0.474. The Morgan fingerprint density at radius 1 is 1.55 bits per heavy atom. The van der Waals surface area contributed by atoms with Crippen LogP contribution in [0.15, 0.2) is 11.8 Å². The molecule has 0 fully saturated rings. The van der Waals surface area contributed by atoms with Crippen molar-refractivity contribution in [2.24, 2.45) is 0 Å². The zero-order valence-electron chi connectivity index (χ0n) is 6.31. The van der Waals surface area contributed by atoms with Gasteiger partial charge in [-0.05, 0) is 6.42 Å². The maximum atomic E-state index is 10.8. The second kappa shape index (κ2) is 3.18. The van der Waals surface area contributed by atoms with Gasteiger partial charge in [-0.25, -0.2) is 0 Å². The first-order valence-corrected chi connectivity index (χ1v) is 3.55. The topological polar surface area (TPSA) is 58.2 Å². The van der Waals surface area contributed by atoms with Crippen LogP contribution in [0.25, 0.3) is 0 Å². The predicted molar refractivity (Wildman–Crippen MR) is 39.5 cm³/mol. The summed E-state index contributed by atoms with van der Waals surface area (Å²) in [5.41, 5.74) is 0.372. The molecule has 0 atom stereocenters. The lowest BCUT2D eigenvalue weighted by Gasteiger charge is -2.00. The highest BCUT2D eigenvalue weighted by Gasteiger charge is 2.19. The largest absolute Gasteiger partial charge is 0.380 e. The van der Waals surface area contributed by atoms with Gasteiger partial charge in [0.2, 0.25) is 0 Å². The first-order chi connectivity index (χ1) is 5.24. The molecule has 2 N–H and O–H groups in total. The van der Waals surface area contributed by atoms with Gasteiger partial charge in [0.15, 0.2) is 0 Å². The second-order valence-electron chi connectivity index (χ2n) is 2.30. The number of imide groups is 1. The molecule has 0 radical (unpaired) electrons. The number of carbonyl (C=O) groups is 2. The molecular formula is C7H10N2O2. The van der Waals surface area contributed by atoms with Crippen LogP contribution >= 0.6 is 0 Å². The molecule has 0 bridgehead atoms. The van der Waals surface area contributed by atoms with Crippen molar-refractivity contribution >= 4 is 11.8 Å². The average Bonchev–Trinajstić information content (AvgIpc) is 2.26. The smallest absolute Gasteiger partial charge is 0.274 e. The summed E-state index contributed by atoms with van der Waals surface area (Å²) in [5.74, 6) is -0.669. The van der Waals surface area contributed by atoms with E-state index in [9.17, 15) is 9.59 Å². The lowest BCUT2D eigenvalue weighted by Crippen LogP contribution is -2.27. The number of hydrogen-bond donors (Lipinski definition) is 2. The van der Waals surface area contributed by atoms with E-state index >= 15 is 0 Å².